The van der Waals surface area contributed by atoms with E-state index >= 15 is 0 Å². The van der Waals surface area contributed by atoms with E-state index in [0.717, 1.165) is 40.8 Å². The van der Waals surface area contributed by atoms with Gasteiger partial charge in [0.15, 0.2) is 6.39 Å². The Morgan fingerprint density at radius 1 is 1.05 bits per heavy atom. The molecule has 39 heavy (non-hydrogen) atoms. The van der Waals surface area contributed by atoms with Crippen molar-refractivity contribution in [3.63, 3.8) is 0 Å². The lowest BCUT2D eigenvalue weighted by atomic mass is 9.95. The molecule has 2 aromatic heterocycles. The number of nitrogens with zero attached hydrogens (tertiary/aromatic N) is 1. The van der Waals surface area contributed by atoms with E-state index in [1.54, 1.807) is 24.3 Å². The molecule has 3 N–H and O–H groups in total. The highest BCUT2D eigenvalue weighted by Crippen LogP contribution is 2.46. The molecule has 8 heteroatoms. The quantitative estimate of drug-likeness (QED) is 0.274. The number of halogens is 1. The molecular weight excluding hydrogens is 497 g/mol. The zero-order chi connectivity index (χ0) is 27.3. The van der Waals surface area contributed by atoms with Crippen LogP contribution in [0, 0.1) is 19.7 Å². The molecule has 1 fully saturated rings. The minimum absolute atomic E-state index is 0.194. The number of fused-ring (bicyclic) bond motifs is 1. The van der Waals surface area contributed by atoms with E-state index in [2.05, 4.69) is 10.3 Å². The first-order valence-electron chi connectivity index (χ1n) is 12.7. The number of furan rings is 1. The molecule has 196 valence electrons. The summed E-state index contributed by atoms with van der Waals surface area (Å²) in [5.41, 5.74) is 10.8. The molecule has 1 saturated carbocycles. The molecule has 0 bridgehead atoms. The molecule has 1 aliphatic rings. The van der Waals surface area contributed by atoms with Crippen molar-refractivity contribution in [1.29, 1.82) is 0 Å². The Bertz CT molecular complexity index is 1750. The monoisotopic (exact) mass is 523 g/mol. The zero-order valence-electron chi connectivity index (χ0n) is 21.5. The first-order chi connectivity index (χ1) is 18.7. The topological polar surface area (TPSA) is 111 Å². The predicted molar refractivity (Wildman–Crippen MR) is 144 cm³/mol. The second-order valence-corrected chi connectivity index (χ2v) is 10.1. The largest absolute Gasteiger partial charge is 0.460 e. The summed E-state index contributed by atoms with van der Waals surface area (Å²) in [6.45, 7) is 3.81. The first kappa shape index (κ1) is 24.6. The summed E-state index contributed by atoms with van der Waals surface area (Å²) in [4.78, 5) is 30.1. The van der Waals surface area contributed by atoms with Crippen molar-refractivity contribution in [2.75, 3.05) is 0 Å². The van der Waals surface area contributed by atoms with Crippen LogP contribution in [0.5, 0.6) is 0 Å². The predicted octanol–water partition coefficient (Wildman–Crippen LogP) is 5.95. The van der Waals surface area contributed by atoms with Crippen LogP contribution >= 0.6 is 0 Å². The number of amides is 2. The number of aromatic nitrogens is 1. The summed E-state index contributed by atoms with van der Waals surface area (Å²) in [5, 5.41) is 3.74. The Balaban J connectivity index is 1.34. The number of carbonyl (C=O) groups excluding carboxylic acids is 2. The smallest absolute Gasteiger partial charge is 0.252 e. The van der Waals surface area contributed by atoms with Gasteiger partial charge in [0.2, 0.25) is 0 Å². The number of aryl methyl sites for hydroxylation is 2. The Kier molecular flexibility index (Phi) is 5.83. The summed E-state index contributed by atoms with van der Waals surface area (Å²) in [5.74, 6) is -0.0143. The van der Waals surface area contributed by atoms with Crippen LogP contribution in [-0.4, -0.2) is 16.8 Å². The van der Waals surface area contributed by atoms with E-state index in [4.69, 9.17) is 14.6 Å². The van der Waals surface area contributed by atoms with Crippen LogP contribution in [0.15, 0.2) is 75.9 Å². The van der Waals surface area contributed by atoms with Crippen molar-refractivity contribution < 1.29 is 22.8 Å². The van der Waals surface area contributed by atoms with Gasteiger partial charge in [-0.05, 0) is 85.3 Å². The van der Waals surface area contributed by atoms with E-state index in [9.17, 15) is 14.0 Å². The molecule has 1 aliphatic carbocycles. The van der Waals surface area contributed by atoms with Crippen molar-refractivity contribution in [3.05, 3.63) is 112 Å². The van der Waals surface area contributed by atoms with E-state index in [0.29, 0.717) is 40.0 Å². The van der Waals surface area contributed by atoms with Gasteiger partial charge in [0, 0.05) is 17.4 Å². The van der Waals surface area contributed by atoms with Gasteiger partial charge in [0.05, 0.1) is 11.1 Å². The highest BCUT2D eigenvalue weighted by atomic mass is 19.1. The molecule has 5 aromatic rings. The van der Waals surface area contributed by atoms with Gasteiger partial charge in [0.25, 0.3) is 11.8 Å². The van der Waals surface area contributed by atoms with Gasteiger partial charge in [-0.1, -0.05) is 24.3 Å². The number of primary amides is 1. The molecule has 3 aromatic carbocycles. The third-order valence-corrected chi connectivity index (χ3v) is 7.40. The van der Waals surface area contributed by atoms with Gasteiger partial charge < -0.3 is 19.9 Å². The van der Waals surface area contributed by atoms with E-state index in [1.807, 2.05) is 38.1 Å². The fourth-order valence-corrected chi connectivity index (χ4v) is 5.17. The molecule has 7 nitrogen and oxygen atoms in total. The molecule has 0 saturated heterocycles. The second kappa shape index (κ2) is 9.23. The Labute approximate surface area is 223 Å². The summed E-state index contributed by atoms with van der Waals surface area (Å²) in [6.07, 6.45) is 3.30. The lowest BCUT2D eigenvalue weighted by Gasteiger charge is -2.17. The summed E-state index contributed by atoms with van der Waals surface area (Å²) in [6, 6.07) is 17.1. The van der Waals surface area contributed by atoms with Crippen LogP contribution in [0.1, 0.15) is 61.9 Å². The lowest BCUT2D eigenvalue weighted by molar-refractivity contribution is 0.0928. The van der Waals surface area contributed by atoms with E-state index < -0.39 is 11.4 Å². The third kappa shape index (κ3) is 4.48. The average molecular weight is 524 g/mol. The molecule has 0 unspecified atom stereocenters. The summed E-state index contributed by atoms with van der Waals surface area (Å²) in [7, 11) is 0. The molecule has 0 atom stereocenters. The van der Waals surface area contributed by atoms with Gasteiger partial charge in [0.1, 0.15) is 28.6 Å². The van der Waals surface area contributed by atoms with Crippen LogP contribution in [0.2, 0.25) is 0 Å². The number of benzene rings is 3. The van der Waals surface area contributed by atoms with Crippen LogP contribution in [-0.2, 0) is 12.0 Å². The highest BCUT2D eigenvalue weighted by molar-refractivity contribution is 6.07. The normalized spacial score (nSPS) is 13.9. The first-order valence-corrected chi connectivity index (χ1v) is 12.7. The molecule has 6 rings (SSSR count). The number of rotatable bonds is 7. The Morgan fingerprint density at radius 3 is 2.49 bits per heavy atom. The molecule has 2 amide bonds. The lowest BCUT2D eigenvalue weighted by Crippen LogP contribution is -2.35. The fraction of sp³-hybridized carbons (Fsp3) is 0.194. The molecular formula is C31H26FN3O4. The van der Waals surface area contributed by atoms with Gasteiger partial charge in [-0.25, -0.2) is 9.37 Å². The standard InChI is InChI=1S/C31H26FN3O4/c1-17-3-6-21(30(37)35-31(11-12-31)28-18(2)38-16-34-28)15-23(17)20-7-10-25-24(14-20)27(29(33)36)26(39-25)13-19-4-8-22(32)9-5-19/h3-10,14-16H,11-13H2,1-2H3,(H2,33,36)(H,35,37). The van der Waals surface area contributed by atoms with Crippen molar-refractivity contribution >= 4 is 22.8 Å². The number of oxazole rings is 1. The maximum Gasteiger partial charge on any atom is 0.252 e. The maximum absolute atomic E-state index is 13.4. The number of hydrogen-bond donors (Lipinski definition) is 2. The Morgan fingerprint density at radius 2 is 1.82 bits per heavy atom. The van der Waals surface area contributed by atoms with Gasteiger partial charge in [-0.3, -0.25) is 9.59 Å². The molecule has 0 radical (unpaired) electrons. The van der Waals surface area contributed by atoms with Crippen LogP contribution in [0.4, 0.5) is 4.39 Å². The highest BCUT2D eigenvalue weighted by Gasteiger charge is 2.49. The minimum atomic E-state index is -0.606. The van der Waals surface area contributed by atoms with Crippen molar-refractivity contribution in [2.24, 2.45) is 5.73 Å². The molecule has 0 spiro atoms. The minimum Gasteiger partial charge on any atom is -0.460 e. The number of nitrogens with two attached hydrogens (primary N) is 1. The van der Waals surface area contributed by atoms with Crippen molar-refractivity contribution in [3.8, 4) is 11.1 Å². The SMILES string of the molecule is Cc1ccc(C(=O)NC2(c3ncoc3C)CC2)cc1-c1ccc2oc(Cc3ccc(F)cc3)c(C(N)=O)c2c1. The fourth-order valence-electron chi connectivity index (χ4n) is 5.17. The zero-order valence-corrected chi connectivity index (χ0v) is 21.5. The number of nitrogens with one attached hydrogen (secondary N) is 1. The molecule has 2 heterocycles. The van der Waals surface area contributed by atoms with E-state index in [-0.39, 0.29) is 11.7 Å². The third-order valence-electron chi connectivity index (χ3n) is 7.40. The maximum atomic E-state index is 13.4. The van der Waals surface area contributed by atoms with Crippen LogP contribution in [0.3, 0.4) is 0 Å². The second-order valence-electron chi connectivity index (χ2n) is 10.1. The summed E-state index contributed by atoms with van der Waals surface area (Å²) >= 11 is 0. The molecule has 0 aliphatic heterocycles. The van der Waals surface area contributed by atoms with Gasteiger partial charge in [-0.2, -0.15) is 0 Å². The van der Waals surface area contributed by atoms with Crippen molar-refractivity contribution in [2.45, 2.75) is 38.6 Å². The number of hydrogen-bond acceptors (Lipinski definition) is 5. The van der Waals surface area contributed by atoms with Crippen molar-refractivity contribution in [1.82, 2.24) is 10.3 Å². The Hall–Kier alpha value is -4.72. The van der Waals surface area contributed by atoms with Gasteiger partial charge >= 0.3 is 0 Å². The van der Waals surface area contributed by atoms with Gasteiger partial charge in [-0.15, -0.1) is 0 Å². The number of carbonyl (C=O) groups is 2. The average Bonchev–Trinajstić information content (AvgIpc) is 3.38. The van der Waals surface area contributed by atoms with E-state index in [1.165, 1.54) is 18.5 Å². The summed E-state index contributed by atoms with van der Waals surface area (Å²) < 4.78 is 24.7. The van der Waals surface area contributed by atoms with Crippen LogP contribution in [0.25, 0.3) is 22.1 Å². The van der Waals surface area contributed by atoms with Crippen LogP contribution < -0.4 is 11.1 Å².